The molecule has 0 aromatic rings. The molecule has 2 amide bonds. The second kappa shape index (κ2) is 21.5. The van der Waals surface area contributed by atoms with Crippen LogP contribution in [0.3, 0.4) is 0 Å². The summed E-state index contributed by atoms with van der Waals surface area (Å²) in [5, 5.41) is 5.69. The Morgan fingerprint density at radius 2 is 1.38 bits per heavy atom. The van der Waals surface area contributed by atoms with Crippen molar-refractivity contribution in [1.29, 1.82) is 0 Å². The van der Waals surface area contributed by atoms with E-state index in [1.54, 1.807) is 0 Å². The van der Waals surface area contributed by atoms with Crippen LogP contribution in [0.15, 0.2) is 0 Å². The van der Waals surface area contributed by atoms with Crippen LogP contribution in [-0.4, -0.2) is 64.0 Å². The molecule has 0 aliphatic carbocycles. The summed E-state index contributed by atoms with van der Waals surface area (Å²) in [6.45, 7) is 10.1. The Hall–Kier alpha value is -1.18. The van der Waals surface area contributed by atoms with Crippen molar-refractivity contribution in [3.05, 3.63) is 0 Å². The van der Waals surface area contributed by atoms with E-state index < -0.39 is 0 Å². The number of amides is 2. The van der Waals surface area contributed by atoms with E-state index in [-0.39, 0.29) is 24.5 Å². The highest BCUT2D eigenvalue weighted by Gasteiger charge is 2.08. The number of nitrogens with one attached hydrogen (secondary N) is 2. The number of unbranched alkanes of at least 4 members (excludes halogenated alkanes) is 4. The van der Waals surface area contributed by atoms with Crippen LogP contribution in [-0.2, 0) is 23.8 Å². The number of rotatable bonds is 21. The molecule has 0 bridgehead atoms. The molecule has 2 N–H and O–H groups in total. The summed E-state index contributed by atoms with van der Waals surface area (Å²) in [5.74, 6) is 0.00345. The van der Waals surface area contributed by atoms with E-state index in [1.165, 1.54) is 6.92 Å². The van der Waals surface area contributed by atoms with Crippen LogP contribution in [0.2, 0.25) is 0 Å². The maximum atomic E-state index is 11.7. The highest BCUT2D eigenvalue weighted by Crippen LogP contribution is 2.05. The lowest BCUT2D eigenvalue weighted by Crippen LogP contribution is -2.30. The molecule has 1 unspecified atom stereocenters. The summed E-state index contributed by atoms with van der Waals surface area (Å²) in [6, 6.07) is 0. The minimum atomic E-state index is -0.0249. The maximum Gasteiger partial charge on any atom is 0.246 e. The van der Waals surface area contributed by atoms with E-state index in [2.05, 4.69) is 24.5 Å². The molecule has 0 radical (unpaired) electrons. The molecule has 0 aliphatic rings. The molecule has 0 aromatic carbocycles. The summed E-state index contributed by atoms with van der Waals surface area (Å²) < 4.78 is 16.7. The second-order valence-electron chi connectivity index (χ2n) is 7.31. The number of hydrogen-bond donors (Lipinski definition) is 2. The number of carbonyl (C=O) groups is 2. The quantitative estimate of drug-likeness (QED) is 0.281. The average Bonchev–Trinajstić information content (AvgIpc) is 2.70. The highest BCUT2D eigenvalue weighted by atomic mass is 16.5. The van der Waals surface area contributed by atoms with Crippen LogP contribution >= 0.6 is 0 Å². The molecule has 0 heterocycles. The van der Waals surface area contributed by atoms with Gasteiger partial charge < -0.3 is 24.8 Å². The summed E-state index contributed by atoms with van der Waals surface area (Å²) in [7, 11) is 0. The molecule has 0 fully saturated rings. The van der Waals surface area contributed by atoms with Crippen LogP contribution < -0.4 is 10.6 Å². The number of ether oxygens (including phenoxy) is 3. The van der Waals surface area contributed by atoms with Crippen molar-refractivity contribution in [2.75, 3.05) is 46.1 Å². The Kier molecular flexibility index (Phi) is 20.7. The topological polar surface area (TPSA) is 85.9 Å². The highest BCUT2D eigenvalue weighted by molar-refractivity contribution is 5.77. The summed E-state index contributed by atoms with van der Waals surface area (Å²) in [5.41, 5.74) is 0. The smallest absolute Gasteiger partial charge is 0.246 e. The van der Waals surface area contributed by atoms with E-state index >= 15 is 0 Å². The molecule has 0 saturated heterocycles. The van der Waals surface area contributed by atoms with Gasteiger partial charge in [0, 0.05) is 33.2 Å². The number of hydrogen-bond acceptors (Lipinski definition) is 5. The molecule has 29 heavy (non-hydrogen) atoms. The molecule has 0 aromatic heterocycles. The van der Waals surface area contributed by atoms with Gasteiger partial charge in [0.25, 0.3) is 0 Å². The van der Waals surface area contributed by atoms with Crippen LogP contribution in [0.5, 0.6) is 0 Å². The van der Waals surface area contributed by atoms with Crippen molar-refractivity contribution >= 4 is 11.8 Å². The van der Waals surface area contributed by atoms with E-state index in [1.807, 2.05) is 0 Å². The van der Waals surface area contributed by atoms with E-state index in [0.29, 0.717) is 19.8 Å². The van der Waals surface area contributed by atoms with Gasteiger partial charge in [0.2, 0.25) is 11.8 Å². The summed E-state index contributed by atoms with van der Waals surface area (Å²) in [6.07, 6.45) is 9.27. The zero-order valence-corrected chi connectivity index (χ0v) is 18.9. The minimum Gasteiger partial charge on any atom is -0.379 e. The molecule has 0 saturated carbocycles. The molecule has 1 atom stereocenters. The van der Waals surface area contributed by atoms with Gasteiger partial charge in [-0.15, -0.1) is 0 Å². The monoisotopic (exact) mass is 416 g/mol. The normalized spacial score (nSPS) is 12.0. The Morgan fingerprint density at radius 3 is 1.90 bits per heavy atom. The zero-order valence-electron chi connectivity index (χ0n) is 18.9. The lowest BCUT2D eigenvalue weighted by molar-refractivity contribution is -0.128. The molecule has 0 spiro atoms. The fourth-order valence-corrected chi connectivity index (χ4v) is 2.80. The van der Waals surface area contributed by atoms with Gasteiger partial charge >= 0.3 is 0 Å². The lowest BCUT2D eigenvalue weighted by atomic mass is 10.2. The van der Waals surface area contributed by atoms with Crippen LogP contribution in [0.25, 0.3) is 0 Å². The summed E-state index contributed by atoms with van der Waals surface area (Å²) in [4.78, 5) is 22.4. The van der Waals surface area contributed by atoms with Crippen molar-refractivity contribution in [3.8, 4) is 0 Å². The van der Waals surface area contributed by atoms with Gasteiger partial charge in [0.05, 0.1) is 19.3 Å². The average molecular weight is 417 g/mol. The molecule has 7 heteroatoms. The fourth-order valence-electron chi connectivity index (χ4n) is 2.80. The first kappa shape index (κ1) is 27.8. The maximum absolute atomic E-state index is 11.7. The first-order valence-electron chi connectivity index (χ1n) is 11.4. The third kappa shape index (κ3) is 21.3. The molecule has 0 aliphatic heterocycles. The standard InChI is InChI=1S/C22H44N2O5/c1-4-12-21(5-2)29-19-22(26)24-14-9-7-11-16-28-18-17-27-15-10-6-8-13-23-20(3)25/h21H,4-19H2,1-3H3,(H,23,25)(H,24,26). The fraction of sp³-hybridized carbons (Fsp3) is 0.909. The second-order valence-corrected chi connectivity index (χ2v) is 7.31. The predicted molar refractivity (Wildman–Crippen MR) is 116 cm³/mol. The Morgan fingerprint density at radius 1 is 0.793 bits per heavy atom. The van der Waals surface area contributed by atoms with Crippen molar-refractivity contribution in [2.24, 2.45) is 0 Å². The molecule has 7 nitrogen and oxygen atoms in total. The Balaban J connectivity index is 3.23. The van der Waals surface area contributed by atoms with Gasteiger partial charge in [0.15, 0.2) is 0 Å². The van der Waals surface area contributed by atoms with Crippen molar-refractivity contribution in [1.82, 2.24) is 10.6 Å². The van der Waals surface area contributed by atoms with Gasteiger partial charge in [-0.3, -0.25) is 9.59 Å². The first-order chi connectivity index (χ1) is 14.1. The predicted octanol–water partition coefficient (Wildman–Crippen LogP) is 3.21. The molecular weight excluding hydrogens is 372 g/mol. The Bertz CT molecular complexity index is 393. The molecular formula is C22H44N2O5. The van der Waals surface area contributed by atoms with Gasteiger partial charge in [0.1, 0.15) is 6.61 Å². The Labute approximate surface area is 177 Å². The zero-order chi connectivity index (χ0) is 21.6. The van der Waals surface area contributed by atoms with Gasteiger partial charge in [-0.2, -0.15) is 0 Å². The van der Waals surface area contributed by atoms with Crippen molar-refractivity contribution in [2.45, 2.75) is 84.7 Å². The van der Waals surface area contributed by atoms with Gasteiger partial charge in [-0.25, -0.2) is 0 Å². The lowest BCUT2D eigenvalue weighted by Gasteiger charge is -2.14. The van der Waals surface area contributed by atoms with Crippen LogP contribution in [0, 0.1) is 0 Å². The van der Waals surface area contributed by atoms with E-state index in [0.717, 1.165) is 77.5 Å². The van der Waals surface area contributed by atoms with Crippen molar-refractivity contribution in [3.63, 3.8) is 0 Å². The third-order valence-corrected chi connectivity index (χ3v) is 4.52. The molecule has 172 valence electrons. The SMILES string of the molecule is CCCC(CC)OCC(=O)NCCCCCOCCOCCCCCNC(C)=O. The third-order valence-electron chi connectivity index (χ3n) is 4.52. The van der Waals surface area contributed by atoms with E-state index in [9.17, 15) is 9.59 Å². The first-order valence-corrected chi connectivity index (χ1v) is 11.4. The minimum absolute atomic E-state index is 0.0249. The van der Waals surface area contributed by atoms with Crippen LogP contribution in [0.1, 0.15) is 78.6 Å². The largest absolute Gasteiger partial charge is 0.379 e. The van der Waals surface area contributed by atoms with E-state index in [4.69, 9.17) is 14.2 Å². The van der Waals surface area contributed by atoms with Gasteiger partial charge in [-0.05, 0) is 51.4 Å². The summed E-state index contributed by atoms with van der Waals surface area (Å²) >= 11 is 0. The number of carbonyl (C=O) groups excluding carboxylic acids is 2. The van der Waals surface area contributed by atoms with Gasteiger partial charge in [-0.1, -0.05) is 20.3 Å². The van der Waals surface area contributed by atoms with Crippen molar-refractivity contribution < 1.29 is 23.8 Å². The molecule has 0 rings (SSSR count). The van der Waals surface area contributed by atoms with Crippen LogP contribution in [0.4, 0.5) is 0 Å².